The molecule has 0 aromatic carbocycles. The number of nitrogens with one attached hydrogen (secondary N) is 1. The number of rotatable bonds is 5. The van der Waals surface area contributed by atoms with Crippen LogP contribution in [0.1, 0.15) is 52.9 Å². The van der Waals surface area contributed by atoms with Crippen LogP contribution in [0, 0.1) is 16.7 Å². The molecule has 2 heteroatoms. The smallest absolute Gasteiger partial charge is 0.0605 e. The van der Waals surface area contributed by atoms with Crippen LogP contribution in [-0.2, 0) is 0 Å². The molecule has 2 nitrogen and oxygen atoms in total. The first kappa shape index (κ1) is 12.4. The highest BCUT2D eigenvalue weighted by molar-refractivity contribution is 5.12. The Bertz CT molecular complexity index is 251. The average Bonchev–Trinajstić information content (AvgIpc) is 2.58. The van der Waals surface area contributed by atoms with Crippen molar-refractivity contribution in [3.8, 4) is 0 Å². The molecule has 0 radical (unpaired) electrons. The van der Waals surface area contributed by atoms with Crippen molar-refractivity contribution in [3.63, 3.8) is 0 Å². The molecule has 2 N–H and O–H groups in total. The van der Waals surface area contributed by atoms with Crippen LogP contribution in [0.5, 0.6) is 0 Å². The summed E-state index contributed by atoms with van der Waals surface area (Å²) >= 11 is 0. The molecule has 94 valence electrons. The van der Waals surface area contributed by atoms with Gasteiger partial charge in [-0.2, -0.15) is 0 Å². The number of hydrogen-bond acceptors (Lipinski definition) is 2. The minimum absolute atomic E-state index is 0.0512. The molecule has 2 fully saturated rings. The van der Waals surface area contributed by atoms with E-state index in [-0.39, 0.29) is 11.5 Å². The summed E-state index contributed by atoms with van der Waals surface area (Å²) in [6, 6.07) is 0. The van der Waals surface area contributed by atoms with Crippen molar-refractivity contribution in [3.05, 3.63) is 0 Å². The lowest BCUT2D eigenvalue weighted by molar-refractivity contribution is -0.00968. The quantitative estimate of drug-likeness (QED) is 0.705. The molecule has 0 saturated heterocycles. The van der Waals surface area contributed by atoms with E-state index in [4.69, 9.17) is 0 Å². The van der Waals surface area contributed by atoms with Gasteiger partial charge in [-0.05, 0) is 56.5 Å². The summed E-state index contributed by atoms with van der Waals surface area (Å²) in [5.74, 6) is 0.758. The molecule has 0 aliphatic heterocycles. The van der Waals surface area contributed by atoms with Crippen molar-refractivity contribution in [2.24, 2.45) is 16.7 Å². The van der Waals surface area contributed by atoms with Gasteiger partial charge < -0.3 is 10.4 Å². The second-order valence-corrected chi connectivity index (χ2v) is 6.36. The van der Waals surface area contributed by atoms with E-state index in [1.54, 1.807) is 0 Å². The molecule has 0 aromatic heterocycles. The molecule has 16 heavy (non-hydrogen) atoms. The Kier molecular flexibility index (Phi) is 3.33. The normalized spacial score (nSPS) is 40.5. The molecule has 2 aliphatic carbocycles. The van der Waals surface area contributed by atoms with Crippen LogP contribution in [0.4, 0.5) is 0 Å². The lowest BCUT2D eigenvalue weighted by Gasteiger charge is -2.40. The molecular weight excluding hydrogens is 198 g/mol. The SMILES string of the molecule is CCCNCC[C@@]12CC[C@H](C[C@H]1O)C2(C)C. The monoisotopic (exact) mass is 225 g/mol. The molecule has 2 rings (SSSR count). The lowest BCUT2D eigenvalue weighted by Crippen LogP contribution is -2.41. The van der Waals surface area contributed by atoms with Crippen LogP contribution < -0.4 is 5.32 Å². The largest absolute Gasteiger partial charge is 0.393 e. The van der Waals surface area contributed by atoms with Gasteiger partial charge >= 0.3 is 0 Å². The highest BCUT2D eigenvalue weighted by Gasteiger charge is 2.62. The topological polar surface area (TPSA) is 32.3 Å². The number of fused-ring (bicyclic) bond motifs is 2. The van der Waals surface area contributed by atoms with Gasteiger partial charge in [-0.25, -0.2) is 0 Å². The predicted octanol–water partition coefficient (Wildman–Crippen LogP) is 2.56. The first-order chi connectivity index (χ1) is 7.54. The van der Waals surface area contributed by atoms with Crippen LogP contribution in [0.3, 0.4) is 0 Å². The summed E-state index contributed by atoms with van der Waals surface area (Å²) in [6.07, 6.45) is 5.90. The van der Waals surface area contributed by atoms with Gasteiger partial charge in [0.05, 0.1) is 6.10 Å². The van der Waals surface area contributed by atoms with Gasteiger partial charge in [0.25, 0.3) is 0 Å². The maximum absolute atomic E-state index is 10.3. The standard InChI is InChI=1S/C14H27NO/c1-4-8-15-9-7-14-6-5-11(10-12(14)16)13(14,2)3/h11-12,15-16H,4-10H2,1-3H3/t11-,12-,14+/m1/s1. The van der Waals surface area contributed by atoms with Crippen molar-refractivity contribution in [2.75, 3.05) is 13.1 Å². The van der Waals surface area contributed by atoms with Gasteiger partial charge in [0.15, 0.2) is 0 Å². The minimum atomic E-state index is -0.0512. The van der Waals surface area contributed by atoms with Gasteiger partial charge in [0.1, 0.15) is 0 Å². The minimum Gasteiger partial charge on any atom is -0.393 e. The zero-order valence-corrected chi connectivity index (χ0v) is 11.1. The summed E-state index contributed by atoms with van der Waals surface area (Å²) in [6.45, 7) is 9.13. The summed E-state index contributed by atoms with van der Waals surface area (Å²) in [5.41, 5.74) is 0.554. The molecule has 0 aromatic rings. The fourth-order valence-corrected chi connectivity index (χ4v) is 4.25. The van der Waals surface area contributed by atoms with E-state index >= 15 is 0 Å². The first-order valence-electron chi connectivity index (χ1n) is 6.93. The Morgan fingerprint density at radius 2 is 2.06 bits per heavy atom. The third kappa shape index (κ3) is 1.62. The lowest BCUT2D eigenvalue weighted by atomic mass is 9.66. The fraction of sp³-hybridized carbons (Fsp3) is 1.00. The Morgan fingerprint density at radius 1 is 1.31 bits per heavy atom. The molecule has 0 spiro atoms. The molecule has 0 heterocycles. The van der Waals surface area contributed by atoms with Crippen LogP contribution in [-0.4, -0.2) is 24.3 Å². The van der Waals surface area contributed by atoms with Crippen molar-refractivity contribution < 1.29 is 5.11 Å². The maximum atomic E-state index is 10.3. The molecule has 2 bridgehead atoms. The highest BCUT2D eigenvalue weighted by Crippen LogP contribution is 2.67. The van der Waals surface area contributed by atoms with Crippen molar-refractivity contribution in [1.29, 1.82) is 0 Å². The number of hydrogen-bond donors (Lipinski definition) is 2. The second-order valence-electron chi connectivity index (χ2n) is 6.36. The molecule has 2 saturated carbocycles. The van der Waals surface area contributed by atoms with Gasteiger partial charge in [-0.1, -0.05) is 20.8 Å². The van der Waals surface area contributed by atoms with Crippen LogP contribution in [0.2, 0.25) is 0 Å². The zero-order valence-electron chi connectivity index (χ0n) is 11.1. The zero-order chi connectivity index (χ0) is 11.8. The summed E-state index contributed by atoms with van der Waals surface area (Å²) in [5, 5.41) is 13.8. The first-order valence-corrected chi connectivity index (χ1v) is 6.93. The number of aliphatic hydroxyl groups is 1. The molecule has 0 amide bonds. The van der Waals surface area contributed by atoms with Crippen molar-refractivity contribution in [1.82, 2.24) is 5.32 Å². The Morgan fingerprint density at radius 3 is 2.56 bits per heavy atom. The van der Waals surface area contributed by atoms with Gasteiger partial charge in [0.2, 0.25) is 0 Å². The van der Waals surface area contributed by atoms with Crippen LogP contribution in [0.15, 0.2) is 0 Å². The van der Waals surface area contributed by atoms with Crippen LogP contribution >= 0.6 is 0 Å². The van der Waals surface area contributed by atoms with Crippen molar-refractivity contribution in [2.45, 2.75) is 59.0 Å². The fourth-order valence-electron chi connectivity index (χ4n) is 4.25. The maximum Gasteiger partial charge on any atom is 0.0605 e. The van der Waals surface area contributed by atoms with E-state index in [0.29, 0.717) is 5.41 Å². The predicted molar refractivity (Wildman–Crippen MR) is 67.3 cm³/mol. The average molecular weight is 225 g/mol. The molecule has 2 aliphatic rings. The van der Waals surface area contributed by atoms with E-state index in [9.17, 15) is 5.11 Å². The van der Waals surface area contributed by atoms with E-state index in [2.05, 4.69) is 26.1 Å². The molecule has 3 atom stereocenters. The van der Waals surface area contributed by atoms with E-state index in [1.807, 2.05) is 0 Å². The van der Waals surface area contributed by atoms with Crippen LogP contribution in [0.25, 0.3) is 0 Å². The summed E-state index contributed by atoms with van der Waals surface area (Å²) < 4.78 is 0. The third-order valence-corrected chi connectivity index (χ3v) is 5.56. The Hall–Kier alpha value is -0.0800. The third-order valence-electron chi connectivity index (χ3n) is 5.56. The highest BCUT2D eigenvalue weighted by atomic mass is 16.3. The Labute approximate surface area is 99.8 Å². The number of aliphatic hydroxyl groups excluding tert-OH is 1. The second kappa shape index (κ2) is 4.30. The summed E-state index contributed by atoms with van der Waals surface area (Å²) in [7, 11) is 0. The van der Waals surface area contributed by atoms with Gasteiger partial charge in [0, 0.05) is 5.41 Å². The van der Waals surface area contributed by atoms with E-state index in [0.717, 1.165) is 31.8 Å². The molecular formula is C14H27NO. The Balaban J connectivity index is 1.99. The van der Waals surface area contributed by atoms with Gasteiger partial charge in [-0.3, -0.25) is 0 Å². The van der Waals surface area contributed by atoms with Gasteiger partial charge in [-0.15, -0.1) is 0 Å². The molecule has 0 unspecified atom stereocenters. The van der Waals surface area contributed by atoms with E-state index in [1.165, 1.54) is 19.3 Å². The summed E-state index contributed by atoms with van der Waals surface area (Å²) in [4.78, 5) is 0. The van der Waals surface area contributed by atoms with E-state index < -0.39 is 0 Å². The van der Waals surface area contributed by atoms with Crippen molar-refractivity contribution >= 4 is 0 Å².